The first kappa shape index (κ1) is 19.5. The number of para-hydroxylation sites is 1. The van der Waals surface area contributed by atoms with Crippen LogP contribution in [0.2, 0.25) is 0 Å². The smallest absolute Gasteiger partial charge is 0.339 e. The molecule has 28 heavy (non-hydrogen) atoms. The molecule has 0 unspecified atom stereocenters. The zero-order chi connectivity index (χ0) is 19.8. The Morgan fingerprint density at radius 3 is 2.82 bits per heavy atom. The number of rotatable bonds is 7. The second kappa shape index (κ2) is 9.64. The van der Waals surface area contributed by atoms with E-state index in [-0.39, 0.29) is 11.3 Å². The van der Waals surface area contributed by atoms with E-state index in [0.717, 1.165) is 13.0 Å². The molecule has 1 aromatic carbocycles. The standard InChI is InChI=1S/C21H24N4O3/c1-28-21(27)16-9-5-6-10-17(16)25-20(26)18-13-19(24-14-23-18)22-12-11-15-7-3-2-4-8-15/h5-7,9-10,13-14H,2-4,8,11-12H2,1H3,(H,25,26)(H,22,23,24). The van der Waals surface area contributed by atoms with Crippen LogP contribution in [0.1, 0.15) is 53.0 Å². The van der Waals surface area contributed by atoms with Crippen LogP contribution in [0.5, 0.6) is 0 Å². The number of amides is 1. The lowest BCUT2D eigenvalue weighted by molar-refractivity contribution is 0.0602. The number of nitrogens with zero attached hydrogens (tertiary/aromatic N) is 2. The van der Waals surface area contributed by atoms with Gasteiger partial charge in [0.2, 0.25) is 0 Å². The zero-order valence-corrected chi connectivity index (χ0v) is 15.9. The van der Waals surface area contributed by atoms with Crippen molar-refractivity contribution in [2.75, 3.05) is 24.3 Å². The number of carbonyl (C=O) groups excluding carboxylic acids is 2. The molecule has 0 fully saturated rings. The van der Waals surface area contributed by atoms with E-state index in [1.54, 1.807) is 30.3 Å². The highest BCUT2D eigenvalue weighted by Crippen LogP contribution is 2.20. The number of nitrogens with one attached hydrogen (secondary N) is 2. The van der Waals surface area contributed by atoms with Gasteiger partial charge in [0.15, 0.2) is 0 Å². The van der Waals surface area contributed by atoms with Crippen LogP contribution in [0.15, 0.2) is 48.3 Å². The van der Waals surface area contributed by atoms with E-state index in [4.69, 9.17) is 4.74 Å². The van der Waals surface area contributed by atoms with E-state index in [1.165, 1.54) is 44.7 Å². The monoisotopic (exact) mass is 380 g/mol. The van der Waals surface area contributed by atoms with E-state index in [1.807, 2.05) is 0 Å². The fraction of sp³-hybridized carbons (Fsp3) is 0.333. The van der Waals surface area contributed by atoms with Gasteiger partial charge in [0.25, 0.3) is 5.91 Å². The summed E-state index contributed by atoms with van der Waals surface area (Å²) in [5.74, 6) is -0.340. The molecule has 0 saturated carbocycles. The van der Waals surface area contributed by atoms with Gasteiger partial charge < -0.3 is 15.4 Å². The summed E-state index contributed by atoms with van der Waals surface area (Å²) in [4.78, 5) is 32.6. The SMILES string of the molecule is COC(=O)c1ccccc1NC(=O)c1cc(NCCC2=CCCCC2)ncn1. The lowest BCUT2D eigenvalue weighted by atomic mass is 9.97. The lowest BCUT2D eigenvalue weighted by Crippen LogP contribution is -2.17. The Hall–Kier alpha value is -3.22. The molecule has 1 amide bonds. The van der Waals surface area contributed by atoms with Gasteiger partial charge in [0.05, 0.1) is 18.4 Å². The number of hydrogen-bond donors (Lipinski definition) is 2. The number of anilines is 2. The molecule has 1 aliphatic carbocycles. The topological polar surface area (TPSA) is 93.2 Å². The van der Waals surface area contributed by atoms with Gasteiger partial charge in [-0.2, -0.15) is 0 Å². The maximum absolute atomic E-state index is 12.6. The molecule has 7 nitrogen and oxygen atoms in total. The maximum atomic E-state index is 12.6. The van der Waals surface area contributed by atoms with Crippen molar-refractivity contribution in [3.05, 3.63) is 59.6 Å². The Balaban J connectivity index is 1.62. The molecular formula is C21H24N4O3. The molecule has 0 spiro atoms. The van der Waals surface area contributed by atoms with Gasteiger partial charge in [-0.3, -0.25) is 4.79 Å². The average molecular weight is 380 g/mol. The summed E-state index contributed by atoms with van der Waals surface area (Å²) in [7, 11) is 1.30. The zero-order valence-electron chi connectivity index (χ0n) is 15.9. The number of ether oxygens (including phenoxy) is 1. The molecule has 1 aliphatic rings. The third kappa shape index (κ3) is 5.16. The number of aromatic nitrogens is 2. The van der Waals surface area contributed by atoms with Crippen molar-refractivity contribution in [3.63, 3.8) is 0 Å². The minimum absolute atomic E-state index is 0.217. The molecule has 0 saturated heterocycles. The van der Waals surface area contributed by atoms with Crippen LogP contribution in [0.4, 0.5) is 11.5 Å². The maximum Gasteiger partial charge on any atom is 0.339 e. The molecule has 0 atom stereocenters. The molecular weight excluding hydrogens is 356 g/mol. The second-order valence-corrected chi connectivity index (χ2v) is 6.56. The van der Waals surface area contributed by atoms with Gasteiger partial charge in [0, 0.05) is 12.6 Å². The average Bonchev–Trinajstić information content (AvgIpc) is 2.74. The number of hydrogen-bond acceptors (Lipinski definition) is 6. The Bertz CT molecular complexity index is 879. The van der Waals surface area contributed by atoms with Crippen molar-refractivity contribution in [3.8, 4) is 0 Å². The van der Waals surface area contributed by atoms with Crippen LogP contribution in [0.25, 0.3) is 0 Å². The highest BCUT2D eigenvalue weighted by molar-refractivity contribution is 6.07. The predicted octanol–water partition coefficient (Wildman–Crippen LogP) is 3.82. The first-order valence-corrected chi connectivity index (χ1v) is 9.40. The molecule has 1 heterocycles. The van der Waals surface area contributed by atoms with Gasteiger partial charge in [-0.15, -0.1) is 0 Å². The minimum atomic E-state index is -0.516. The van der Waals surface area contributed by atoms with Crippen LogP contribution in [-0.4, -0.2) is 35.5 Å². The van der Waals surface area contributed by atoms with Crippen LogP contribution >= 0.6 is 0 Å². The van der Waals surface area contributed by atoms with Gasteiger partial charge >= 0.3 is 5.97 Å². The van der Waals surface area contributed by atoms with E-state index in [2.05, 4.69) is 26.7 Å². The molecule has 2 aromatic rings. The molecule has 0 aliphatic heterocycles. The minimum Gasteiger partial charge on any atom is -0.465 e. The molecule has 146 valence electrons. The van der Waals surface area contributed by atoms with Crippen molar-refractivity contribution in [1.82, 2.24) is 9.97 Å². The third-order valence-electron chi connectivity index (χ3n) is 4.62. The Kier molecular flexibility index (Phi) is 6.73. The van der Waals surface area contributed by atoms with Crippen LogP contribution < -0.4 is 10.6 Å². The van der Waals surface area contributed by atoms with Crippen molar-refractivity contribution >= 4 is 23.4 Å². The molecule has 7 heteroatoms. The summed E-state index contributed by atoms with van der Waals surface area (Å²) < 4.78 is 4.75. The van der Waals surface area contributed by atoms with Gasteiger partial charge in [-0.1, -0.05) is 23.8 Å². The molecule has 0 bridgehead atoms. The summed E-state index contributed by atoms with van der Waals surface area (Å²) in [5.41, 5.74) is 2.35. The van der Waals surface area contributed by atoms with Crippen molar-refractivity contribution in [2.45, 2.75) is 32.1 Å². The van der Waals surface area contributed by atoms with Crippen LogP contribution in [0.3, 0.4) is 0 Å². The Labute approximate surface area is 164 Å². The number of methoxy groups -OCH3 is 1. The van der Waals surface area contributed by atoms with E-state index in [9.17, 15) is 9.59 Å². The van der Waals surface area contributed by atoms with Gasteiger partial charge in [-0.25, -0.2) is 14.8 Å². The van der Waals surface area contributed by atoms with E-state index < -0.39 is 11.9 Å². The van der Waals surface area contributed by atoms with Crippen molar-refractivity contribution < 1.29 is 14.3 Å². The van der Waals surface area contributed by atoms with Crippen LogP contribution in [0, 0.1) is 0 Å². The quantitative estimate of drug-likeness (QED) is 0.560. The number of allylic oxidation sites excluding steroid dienone is 1. The Morgan fingerprint density at radius 2 is 2.04 bits per heavy atom. The third-order valence-corrected chi connectivity index (χ3v) is 4.62. The second-order valence-electron chi connectivity index (χ2n) is 6.56. The highest BCUT2D eigenvalue weighted by atomic mass is 16.5. The largest absolute Gasteiger partial charge is 0.465 e. The first-order valence-electron chi connectivity index (χ1n) is 9.40. The van der Waals surface area contributed by atoms with Crippen molar-refractivity contribution in [1.29, 1.82) is 0 Å². The fourth-order valence-corrected chi connectivity index (χ4v) is 3.13. The van der Waals surface area contributed by atoms with E-state index >= 15 is 0 Å². The summed E-state index contributed by atoms with van der Waals surface area (Å²) in [6.45, 7) is 0.759. The van der Waals surface area contributed by atoms with Gasteiger partial charge in [0.1, 0.15) is 17.8 Å². The van der Waals surface area contributed by atoms with E-state index in [0.29, 0.717) is 11.5 Å². The molecule has 0 radical (unpaired) electrons. The van der Waals surface area contributed by atoms with Gasteiger partial charge in [-0.05, 0) is 44.2 Å². The number of benzene rings is 1. The fourth-order valence-electron chi connectivity index (χ4n) is 3.13. The van der Waals surface area contributed by atoms with Crippen molar-refractivity contribution in [2.24, 2.45) is 0 Å². The summed E-state index contributed by atoms with van der Waals surface area (Å²) in [6.07, 6.45) is 9.51. The molecule has 1 aromatic heterocycles. The number of esters is 1. The first-order chi connectivity index (χ1) is 13.7. The summed E-state index contributed by atoms with van der Waals surface area (Å²) >= 11 is 0. The highest BCUT2D eigenvalue weighted by Gasteiger charge is 2.15. The summed E-state index contributed by atoms with van der Waals surface area (Å²) in [5, 5.41) is 5.95. The molecule has 2 N–H and O–H groups in total. The number of carbonyl (C=O) groups is 2. The molecule has 3 rings (SSSR count). The summed E-state index contributed by atoms with van der Waals surface area (Å²) in [6, 6.07) is 8.27. The Morgan fingerprint density at radius 1 is 1.18 bits per heavy atom. The predicted molar refractivity (Wildman–Crippen MR) is 107 cm³/mol. The lowest BCUT2D eigenvalue weighted by Gasteiger charge is -2.13. The van der Waals surface area contributed by atoms with Crippen LogP contribution in [-0.2, 0) is 4.74 Å². The normalized spacial score (nSPS) is 13.4.